The van der Waals surface area contributed by atoms with E-state index in [1.807, 2.05) is 25.1 Å². The van der Waals surface area contributed by atoms with E-state index in [1.54, 1.807) is 18.2 Å². The second kappa shape index (κ2) is 10.6. The monoisotopic (exact) mass is 498 g/mol. The summed E-state index contributed by atoms with van der Waals surface area (Å²) >= 11 is 6.28. The fourth-order valence-corrected chi connectivity index (χ4v) is 4.87. The van der Waals surface area contributed by atoms with Crippen LogP contribution in [0.4, 0.5) is 8.78 Å². The minimum Gasteiger partial charge on any atom is -0.482 e. The fourth-order valence-electron chi connectivity index (χ4n) is 4.67. The van der Waals surface area contributed by atoms with Gasteiger partial charge in [-0.05, 0) is 66.9 Å². The zero-order chi connectivity index (χ0) is 25.1. The molecule has 0 saturated carbocycles. The predicted octanol–water partition coefficient (Wildman–Crippen LogP) is 7.26. The summed E-state index contributed by atoms with van der Waals surface area (Å²) in [6.07, 6.45) is -0.716. The first-order valence-corrected chi connectivity index (χ1v) is 11.6. The topological polar surface area (TPSA) is 55.8 Å². The van der Waals surface area contributed by atoms with Crippen molar-refractivity contribution in [1.82, 2.24) is 0 Å². The average molecular weight is 499 g/mol. The highest BCUT2D eigenvalue weighted by Gasteiger charge is 2.42. The first-order chi connectivity index (χ1) is 16.7. The molecule has 0 radical (unpaired) electrons. The molecule has 1 N–H and O–H groups in total. The van der Waals surface area contributed by atoms with E-state index in [0.717, 1.165) is 11.1 Å². The zero-order valence-corrected chi connectivity index (χ0v) is 19.8. The van der Waals surface area contributed by atoms with Gasteiger partial charge in [0.05, 0.1) is 12.2 Å². The molecular weight excluding hydrogens is 474 g/mol. The lowest BCUT2D eigenvalue weighted by molar-refractivity contribution is -0.139. The molecule has 4 atom stereocenters. The molecule has 1 saturated heterocycles. The lowest BCUT2D eigenvalue weighted by Crippen LogP contribution is -2.32. The van der Waals surface area contributed by atoms with Crippen molar-refractivity contribution in [1.29, 1.82) is 0 Å². The van der Waals surface area contributed by atoms with E-state index < -0.39 is 36.4 Å². The largest absolute Gasteiger partial charge is 0.482 e. The van der Waals surface area contributed by atoms with Gasteiger partial charge in [-0.3, -0.25) is 0 Å². The second-order valence-corrected chi connectivity index (χ2v) is 9.18. The quantitative estimate of drug-likeness (QED) is 0.348. The van der Waals surface area contributed by atoms with E-state index in [4.69, 9.17) is 26.2 Å². The number of hydrogen-bond donors (Lipinski definition) is 1. The number of halogens is 3. The van der Waals surface area contributed by atoms with Gasteiger partial charge in [-0.1, -0.05) is 48.0 Å². The third kappa shape index (κ3) is 5.72. The molecule has 4 rings (SSSR count). The van der Waals surface area contributed by atoms with Crippen molar-refractivity contribution in [3.8, 4) is 5.75 Å². The second-order valence-electron chi connectivity index (χ2n) is 8.75. The molecule has 182 valence electrons. The molecule has 3 aromatic carbocycles. The van der Waals surface area contributed by atoms with Gasteiger partial charge >= 0.3 is 5.97 Å². The van der Waals surface area contributed by atoms with Crippen molar-refractivity contribution >= 4 is 17.6 Å². The van der Waals surface area contributed by atoms with E-state index in [2.05, 4.69) is 6.58 Å². The summed E-state index contributed by atoms with van der Waals surface area (Å²) in [6.45, 7) is 5.43. The molecular formula is C28H25ClF2O4. The Kier molecular flexibility index (Phi) is 7.53. The molecule has 0 bridgehead atoms. The van der Waals surface area contributed by atoms with E-state index in [9.17, 15) is 13.6 Å². The first kappa shape index (κ1) is 24.9. The maximum absolute atomic E-state index is 14.4. The van der Waals surface area contributed by atoms with Crippen LogP contribution in [-0.4, -0.2) is 17.7 Å². The van der Waals surface area contributed by atoms with Crippen LogP contribution in [0.3, 0.4) is 0 Å². The third-order valence-corrected chi connectivity index (χ3v) is 6.48. The standard InChI is InChI=1S/C28H25ClF2O4/c1-16(2)22-14-23(17-5-3-7-19(29)11-17)27(18-6-4-8-20(30)12-18)35-28(22)24-13-21(31)9-10-25(24)34-15-26(32)33/h3-13,22-23,27-28H,1,14-15H2,2H3,(H,32,33)/t22-,23-,27+,28+/m1/s1. The van der Waals surface area contributed by atoms with Crippen LogP contribution in [0.1, 0.15) is 48.2 Å². The Balaban J connectivity index is 1.82. The molecule has 0 aliphatic carbocycles. The Bertz CT molecular complexity index is 1250. The van der Waals surface area contributed by atoms with Crippen LogP contribution in [0, 0.1) is 17.6 Å². The van der Waals surface area contributed by atoms with E-state index >= 15 is 0 Å². The van der Waals surface area contributed by atoms with Crippen molar-refractivity contribution in [2.75, 3.05) is 6.61 Å². The molecule has 35 heavy (non-hydrogen) atoms. The molecule has 1 aliphatic rings. The number of benzene rings is 3. The maximum atomic E-state index is 14.4. The number of carboxylic acid groups (broad SMARTS) is 1. The van der Waals surface area contributed by atoms with Gasteiger partial charge in [-0.25, -0.2) is 13.6 Å². The number of rotatable bonds is 7. The smallest absolute Gasteiger partial charge is 0.341 e. The maximum Gasteiger partial charge on any atom is 0.341 e. The van der Waals surface area contributed by atoms with Crippen LogP contribution < -0.4 is 4.74 Å². The molecule has 0 amide bonds. The Hall–Kier alpha value is -3.22. The SMILES string of the molecule is C=C(C)[C@H]1C[C@H](c2cccc(Cl)c2)[C@H](c2cccc(F)c2)O[C@@H]1c1cc(F)ccc1OCC(=O)O. The summed E-state index contributed by atoms with van der Waals surface area (Å²) in [5, 5.41) is 9.65. The highest BCUT2D eigenvalue weighted by molar-refractivity contribution is 6.30. The Morgan fingerprint density at radius 1 is 1.06 bits per heavy atom. The average Bonchev–Trinajstić information content (AvgIpc) is 2.82. The molecule has 1 aliphatic heterocycles. The molecule has 0 aromatic heterocycles. The van der Waals surface area contributed by atoms with Crippen molar-refractivity contribution < 1.29 is 28.2 Å². The van der Waals surface area contributed by atoms with Crippen LogP contribution >= 0.6 is 11.6 Å². The molecule has 3 aromatic rings. The van der Waals surface area contributed by atoms with Crippen molar-refractivity contribution in [2.24, 2.45) is 5.92 Å². The van der Waals surface area contributed by atoms with Crippen LogP contribution in [0.5, 0.6) is 5.75 Å². The molecule has 7 heteroatoms. The molecule has 1 fully saturated rings. The lowest BCUT2D eigenvalue weighted by Gasteiger charge is -2.43. The molecule has 0 spiro atoms. The minimum absolute atomic E-state index is 0.189. The van der Waals surface area contributed by atoms with Crippen LogP contribution in [0.25, 0.3) is 0 Å². The normalized spacial score (nSPS) is 21.9. The number of ether oxygens (including phenoxy) is 2. The van der Waals surface area contributed by atoms with Crippen LogP contribution in [-0.2, 0) is 9.53 Å². The number of hydrogen-bond acceptors (Lipinski definition) is 3. The lowest BCUT2D eigenvalue weighted by atomic mass is 9.74. The summed E-state index contributed by atoms with van der Waals surface area (Å²) in [5.41, 5.74) is 2.75. The summed E-state index contributed by atoms with van der Waals surface area (Å²) in [7, 11) is 0. The zero-order valence-electron chi connectivity index (χ0n) is 19.1. The fraction of sp³-hybridized carbons (Fsp3) is 0.250. The number of carboxylic acids is 1. The molecule has 1 heterocycles. The van der Waals surface area contributed by atoms with E-state index in [1.165, 1.54) is 30.3 Å². The predicted molar refractivity (Wildman–Crippen MR) is 130 cm³/mol. The van der Waals surface area contributed by atoms with Crippen LogP contribution in [0.2, 0.25) is 5.02 Å². The van der Waals surface area contributed by atoms with Gasteiger partial charge in [0.15, 0.2) is 6.61 Å². The van der Waals surface area contributed by atoms with Gasteiger partial charge < -0.3 is 14.6 Å². The highest BCUT2D eigenvalue weighted by atomic mass is 35.5. The van der Waals surface area contributed by atoms with Gasteiger partial charge in [0.25, 0.3) is 0 Å². The summed E-state index contributed by atoms with van der Waals surface area (Å²) in [4.78, 5) is 11.1. The minimum atomic E-state index is -1.15. The Labute approximate surface area is 207 Å². The van der Waals surface area contributed by atoms with Gasteiger partial charge in [0.1, 0.15) is 17.4 Å². The van der Waals surface area contributed by atoms with Crippen molar-refractivity contribution in [3.63, 3.8) is 0 Å². The van der Waals surface area contributed by atoms with Crippen LogP contribution in [0.15, 0.2) is 78.9 Å². The first-order valence-electron chi connectivity index (χ1n) is 11.2. The highest BCUT2D eigenvalue weighted by Crippen LogP contribution is 2.53. The molecule has 4 nitrogen and oxygen atoms in total. The summed E-state index contributed by atoms with van der Waals surface area (Å²) in [5.74, 6) is -2.29. The number of aliphatic carboxylic acids is 1. The Morgan fingerprint density at radius 2 is 1.77 bits per heavy atom. The third-order valence-electron chi connectivity index (χ3n) is 6.25. The Morgan fingerprint density at radius 3 is 2.46 bits per heavy atom. The summed E-state index contributed by atoms with van der Waals surface area (Å²) in [6, 6.07) is 17.5. The van der Waals surface area contributed by atoms with Gasteiger partial charge in [-0.15, -0.1) is 0 Å². The summed E-state index contributed by atoms with van der Waals surface area (Å²) < 4.78 is 40.7. The molecule has 0 unspecified atom stereocenters. The van der Waals surface area contributed by atoms with Crippen molar-refractivity contribution in [2.45, 2.75) is 31.5 Å². The van der Waals surface area contributed by atoms with Gasteiger partial charge in [0.2, 0.25) is 0 Å². The van der Waals surface area contributed by atoms with Gasteiger partial charge in [-0.2, -0.15) is 0 Å². The number of carbonyl (C=O) groups is 1. The van der Waals surface area contributed by atoms with Crippen molar-refractivity contribution in [3.05, 3.63) is 112 Å². The van der Waals surface area contributed by atoms with E-state index in [-0.39, 0.29) is 17.6 Å². The van der Waals surface area contributed by atoms with Gasteiger partial charge in [0, 0.05) is 22.4 Å². The van der Waals surface area contributed by atoms with E-state index in [0.29, 0.717) is 22.6 Å².